The van der Waals surface area contributed by atoms with Crippen molar-refractivity contribution < 1.29 is 14.3 Å². The van der Waals surface area contributed by atoms with E-state index >= 15 is 0 Å². The SMILES string of the molecule is CCOC(=O)c1[nH]c(-c2ccccc2)c(C(=O)c2cccnc2)c1SC. The number of aromatic nitrogens is 2. The molecule has 1 N–H and O–H groups in total. The van der Waals surface area contributed by atoms with Crippen LogP contribution in [0, 0.1) is 0 Å². The topological polar surface area (TPSA) is 72.1 Å². The summed E-state index contributed by atoms with van der Waals surface area (Å²) < 4.78 is 5.15. The quantitative estimate of drug-likeness (QED) is 0.402. The van der Waals surface area contributed by atoms with Gasteiger partial charge in [0.25, 0.3) is 0 Å². The molecule has 0 aliphatic rings. The van der Waals surface area contributed by atoms with Gasteiger partial charge >= 0.3 is 5.97 Å². The molecule has 2 aromatic heterocycles. The molecule has 0 aliphatic heterocycles. The Morgan fingerprint density at radius 2 is 1.92 bits per heavy atom. The van der Waals surface area contributed by atoms with Gasteiger partial charge in [0.1, 0.15) is 5.69 Å². The van der Waals surface area contributed by atoms with E-state index in [0.29, 0.717) is 27.4 Å². The number of H-pyrrole nitrogens is 1. The number of ketones is 1. The van der Waals surface area contributed by atoms with Crippen LogP contribution in [0.25, 0.3) is 11.3 Å². The second-order valence-corrected chi connectivity index (χ2v) is 6.26. The monoisotopic (exact) mass is 366 g/mol. The van der Waals surface area contributed by atoms with Crippen molar-refractivity contribution >= 4 is 23.5 Å². The summed E-state index contributed by atoms with van der Waals surface area (Å²) in [7, 11) is 0. The van der Waals surface area contributed by atoms with Crippen LogP contribution in [0.4, 0.5) is 0 Å². The van der Waals surface area contributed by atoms with Gasteiger partial charge in [-0.2, -0.15) is 0 Å². The van der Waals surface area contributed by atoms with Crippen LogP contribution in [0.2, 0.25) is 0 Å². The summed E-state index contributed by atoms with van der Waals surface area (Å²) in [5.41, 5.74) is 2.65. The van der Waals surface area contributed by atoms with E-state index < -0.39 is 5.97 Å². The minimum absolute atomic E-state index is 0.187. The summed E-state index contributed by atoms with van der Waals surface area (Å²) >= 11 is 1.34. The van der Waals surface area contributed by atoms with Crippen molar-refractivity contribution in [2.45, 2.75) is 11.8 Å². The number of esters is 1. The van der Waals surface area contributed by atoms with Gasteiger partial charge in [0.15, 0.2) is 5.78 Å². The van der Waals surface area contributed by atoms with Crippen molar-refractivity contribution in [3.8, 4) is 11.3 Å². The van der Waals surface area contributed by atoms with Gasteiger partial charge in [-0.3, -0.25) is 9.78 Å². The molecule has 2 heterocycles. The van der Waals surface area contributed by atoms with Crippen molar-refractivity contribution in [3.05, 3.63) is 71.7 Å². The Morgan fingerprint density at radius 3 is 2.54 bits per heavy atom. The molecule has 0 spiro atoms. The van der Waals surface area contributed by atoms with Crippen molar-refractivity contribution in [3.63, 3.8) is 0 Å². The number of nitrogens with one attached hydrogen (secondary N) is 1. The molecule has 26 heavy (non-hydrogen) atoms. The van der Waals surface area contributed by atoms with Crippen LogP contribution in [-0.2, 0) is 4.74 Å². The first kappa shape index (κ1) is 17.9. The summed E-state index contributed by atoms with van der Waals surface area (Å²) in [6.07, 6.45) is 4.98. The molecule has 0 saturated heterocycles. The highest BCUT2D eigenvalue weighted by molar-refractivity contribution is 7.98. The van der Waals surface area contributed by atoms with E-state index in [1.807, 2.05) is 36.6 Å². The zero-order chi connectivity index (χ0) is 18.5. The Bertz CT molecular complexity index is 921. The molecule has 0 atom stereocenters. The third-order valence-corrected chi connectivity index (χ3v) is 4.67. The van der Waals surface area contributed by atoms with Crippen LogP contribution in [0.3, 0.4) is 0 Å². The van der Waals surface area contributed by atoms with Gasteiger partial charge in [0.2, 0.25) is 0 Å². The van der Waals surface area contributed by atoms with Crippen LogP contribution < -0.4 is 0 Å². The Balaban J connectivity index is 2.22. The molecule has 0 bridgehead atoms. The fourth-order valence-electron chi connectivity index (χ4n) is 2.71. The van der Waals surface area contributed by atoms with Crippen LogP contribution in [0.15, 0.2) is 59.8 Å². The molecule has 1 aromatic carbocycles. The Hall–Kier alpha value is -2.86. The first-order valence-corrected chi connectivity index (χ1v) is 9.37. The normalized spacial score (nSPS) is 10.5. The Morgan fingerprint density at radius 1 is 1.15 bits per heavy atom. The second kappa shape index (κ2) is 8.01. The highest BCUT2D eigenvalue weighted by atomic mass is 32.2. The van der Waals surface area contributed by atoms with Gasteiger partial charge in [0, 0.05) is 18.0 Å². The first-order valence-electron chi connectivity index (χ1n) is 8.14. The largest absolute Gasteiger partial charge is 0.461 e. The third-order valence-electron chi connectivity index (χ3n) is 3.85. The number of hydrogen-bond acceptors (Lipinski definition) is 5. The van der Waals surface area contributed by atoms with Crippen LogP contribution >= 0.6 is 11.8 Å². The molecular formula is C20H18N2O3S. The number of ether oxygens (including phenoxy) is 1. The van der Waals surface area contributed by atoms with Gasteiger partial charge < -0.3 is 9.72 Å². The first-order chi connectivity index (χ1) is 12.7. The lowest BCUT2D eigenvalue weighted by atomic mass is 10.0. The van der Waals surface area contributed by atoms with Gasteiger partial charge in [-0.25, -0.2) is 4.79 Å². The van der Waals surface area contributed by atoms with Gasteiger partial charge in [-0.1, -0.05) is 30.3 Å². The molecule has 0 unspecified atom stereocenters. The van der Waals surface area contributed by atoms with E-state index in [2.05, 4.69) is 9.97 Å². The summed E-state index contributed by atoms with van der Waals surface area (Å²) in [5.74, 6) is -0.660. The van der Waals surface area contributed by atoms with E-state index in [-0.39, 0.29) is 12.4 Å². The smallest absolute Gasteiger partial charge is 0.355 e. The number of hydrogen-bond donors (Lipinski definition) is 1. The van der Waals surface area contributed by atoms with E-state index in [0.717, 1.165) is 5.56 Å². The minimum atomic E-state index is -0.473. The lowest BCUT2D eigenvalue weighted by molar-refractivity contribution is 0.0516. The summed E-state index contributed by atoms with van der Waals surface area (Å²) in [6.45, 7) is 2.01. The average Bonchev–Trinajstić information content (AvgIpc) is 3.08. The van der Waals surface area contributed by atoms with E-state index in [1.54, 1.807) is 25.3 Å². The average molecular weight is 366 g/mol. The van der Waals surface area contributed by atoms with Gasteiger partial charge in [-0.15, -0.1) is 11.8 Å². The third kappa shape index (κ3) is 3.41. The van der Waals surface area contributed by atoms with E-state index in [4.69, 9.17) is 4.74 Å². The number of pyridine rings is 1. The Labute approximate surface area is 155 Å². The number of thioether (sulfide) groups is 1. The molecule has 0 aliphatic carbocycles. The van der Waals surface area contributed by atoms with Gasteiger partial charge in [-0.05, 0) is 30.9 Å². The maximum absolute atomic E-state index is 13.2. The number of carbonyl (C=O) groups excluding carboxylic acids is 2. The van der Waals surface area contributed by atoms with Crippen molar-refractivity contribution in [1.29, 1.82) is 0 Å². The molecule has 3 rings (SSSR count). The highest BCUT2D eigenvalue weighted by Crippen LogP contribution is 2.35. The standard InChI is InChI=1S/C20H18N2O3S/c1-3-25-20(24)17-19(26-2)15(18(23)14-10-7-11-21-12-14)16(22-17)13-8-5-4-6-9-13/h4-12,22H,3H2,1-2H3. The molecule has 0 amide bonds. The van der Waals surface area contributed by atoms with Gasteiger partial charge in [0.05, 0.1) is 22.8 Å². The summed E-state index contributed by atoms with van der Waals surface area (Å²) in [6, 6.07) is 12.9. The van der Waals surface area contributed by atoms with Crippen molar-refractivity contribution in [2.24, 2.45) is 0 Å². The summed E-state index contributed by atoms with van der Waals surface area (Å²) in [5, 5.41) is 0. The van der Waals surface area contributed by atoms with Crippen LogP contribution in [-0.4, -0.2) is 34.6 Å². The number of nitrogens with zero attached hydrogens (tertiary/aromatic N) is 1. The minimum Gasteiger partial charge on any atom is -0.461 e. The molecule has 5 nitrogen and oxygen atoms in total. The van der Waals surface area contributed by atoms with Crippen LogP contribution in [0.1, 0.15) is 33.3 Å². The molecule has 0 fully saturated rings. The highest BCUT2D eigenvalue weighted by Gasteiger charge is 2.28. The molecule has 0 radical (unpaired) electrons. The molecule has 6 heteroatoms. The molecular weight excluding hydrogens is 348 g/mol. The lowest BCUT2D eigenvalue weighted by Gasteiger charge is -2.06. The Kier molecular flexibility index (Phi) is 5.53. The van der Waals surface area contributed by atoms with Crippen molar-refractivity contribution in [1.82, 2.24) is 9.97 Å². The van der Waals surface area contributed by atoms with Crippen LogP contribution in [0.5, 0.6) is 0 Å². The van der Waals surface area contributed by atoms with E-state index in [9.17, 15) is 9.59 Å². The van der Waals surface area contributed by atoms with Crippen molar-refractivity contribution in [2.75, 3.05) is 12.9 Å². The fourth-order valence-corrected chi connectivity index (χ4v) is 3.45. The zero-order valence-electron chi connectivity index (χ0n) is 14.5. The predicted octanol–water partition coefficient (Wildman–Crippen LogP) is 4.21. The maximum atomic E-state index is 13.2. The molecule has 132 valence electrons. The molecule has 3 aromatic rings. The summed E-state index contributed by atoms with van der Waals surface area (Å²) in [4.78, 5) is 33.3. The number of benzene rings is 1. The predicted molar refractivity (Wildman–Crippen MR) is 102 cm³/mol. The zero-order valence-corrected chi connectivity index (χ0v) is 15.3. The maximum Gasteiger partial charge on any atom is 0.355 e. The lowest BCUT2D eigenvalue weighted by Crippen LogP contribution is -2.07. The second-order valence-electron chi connectivity index (χ2n) is 5.44. The fraction of sp³-hybridized carbons (Fsp3) is 0.150. The number of carbonyl (C=O) groups is 2. The number of rotatable bonds is 6. The molecule has 0 saturated carbocycles. The number of aromatic amines is 1. The van der Waals surface area contributed by atoms with E-state index in [1.165, 1.54) is 18.0 Å².